The Morgan fingerprint density at radius 3 is 1.86 bits per heavy atom. The molecule has 0 aromatic carbocycles. The molecule has 0 aliphatic carbocycles. The molecular formula is C4H9FOS. The summed E-state index contributed by atoms with van der Waals surface area (Å²) in [7, 11) is 0. The van der Waals surface area contributed by atoms with Gasteiger partial charge in [0, 0.05) is 0 Å². The summed E-state index contributed by atoms with van der Waals surface area (Å²) in [5.41, 5.74) is -0.362. The van der Waals surface area contributed by atoms with Crippen LogP contribution >= 0.6 is 12.4 Å². The Hall–Kier alpha value is 0.240. The third kappa shape index (κ3) is 6.24. The standard InChI is InChI=1S/C4H9FOS/c1-4(2,3)6-7-5/h1-3H3. The predicted octanol–water partition coefficient (Wildman–Crippen LogP) is 2.33. The Kier molecular flexibility index (Phi) is 2.61. The minimum Gasteiger partial charge on any atom is -0.282 e. The Morgan fingerprint density at radius 2 is 1.86 bits per heavy atom. The van der Waals surface area contributed by atoms with Crippen molar-refractivity contribution in [2.45, 2.75) is 26.4 Å². The van der Waals surface area contributed by atoms with Crippen molar-refractivity contribution in [3.8, 4) is 0 Å². The molecule has 0 unspecified atom stereocenters. The van der Waals surface area contributed by atoms with Crippen LogP contribution in [-0.4, -0.2) is 5.60 Å². The van der Waals surface area contributed by atoms with Gasteiger partial charge in [-0.1, -0.05) is 0 Å². The zero-order valence-electron chi connectivity index (χ0n) is 4.69. The summed E-state index contributed by atoms with van der Waals surface area (Å²) >= 11 is -0.0914. The van der Waals surface area contributed by atoms with E-state index in [1.807, 2.05) is 0 Å². The van der Waals surface area contributed by atoms with Crippen molar-refractivity contribution in [2.75, 3.05) is 0 Å². The zero-order chi connectivity index (χ0) is 5.91. The minimum atomic E-state index is -0.362. The molecule has 3 heteroatoms. The lowest BCUT2D eigenvalue weighted by Crippen LogP contribution is -2.13. The highest BCUT2D eigenvalue weighted by Crippen LogP contribution is 2.16. The van der Waals surface area contributed by atoms with E-state index < -0.39 is 0 Å². The fraction of sp³-hybridized carbons (Fsp3) is 1.00. The van der Waals surface area contributed by atoms with Gasteiger partial charge in [0.05, 0.1) is 5.60 Å². The van der Waals surface area contributed by atoms with Crippen LogP contribution < -0.4 is 0 Å². The van der Waals surface area contributed by atoms with Crippen molar-refractivity contribution >= 4 is 12.4 Å². The second-order valence-electron chi connectivity index (χ2n) is 2.26. The topological polar surface area (TPSA) is 9.23 Å². The van der Waals surface area contributed by atoms with Crippen molar-refractivity contribution in [1.82, 2.24) is 0 Å². The lowest BCUT2D eigenvalue weighted by molar-refractivity contribution is 0.158. The van der Waals surface area contributed by atoms with Crippen LogP contribution in [-0.2, 0) is 4.18 Å². The number of hydrogen-bond donors (Lipinski definition) is 0. The Labute approximate surface area is 47.7 Å². The third-order valence-electron chi connectivity index (χ3n) is 0.281. The number of halogens is 1. The molecule has 44 valence electrons. The van der Waals surface area contributed by atoms with Gasteiger partial charge in [-0.3, -0.25) is 4.18 Å². The summed E-state index contributed by atoms with van der Waals surface area (Å²) in [5.74, 6) is 0. The lowest BCUT2D eigenvalue weighted by Gasteiger charge is -2.13. The lowest BCUT2D eigenvalue weighted by atomic mass is 10.2. The first-order valence-corrected chi connectivity index (χ1v) is 2.67. The summed E-state index contributed by atoms with van der Waals surface area (Å²) < 4.78 is 15.7. The van der Waals surface area contributed by atoms with Crippen LogP contribution in [0, 0.1) is 0 Å². The summed E-state index contributed by atoms with van der Waals surface area (Å²) in [5, 5.41) is 0. The molecule has 1 nitrogen and oxygen atoms in total. The second-order valence-corrected chi connectivity index (χ2v) is 2.55. The zero-order valence-corrected chi connectivity index (χ0v) is 5.51. The van der Waals surface area contributed by atoms with Crippen LogP contribution in [0.4, 0.5) is 3.89 Å². The van der Waals surface area contributed by atoms with Crippen molar-refractivity contribution in [3.05, 3.63) is 0 Å². The largest absolute Gasteiger partial charge is 0.282 e. The van der Waals surface area contributed by atoms with E-state index in [1.54, 1.807) is 20.8 Å². The summed E-state index contributed by atoms with van der Waals surface area (Å²) in [6.45, 7) is 5.37. The first-order chi connectivity index (χ1) is 3.06. The second kappa shape index (κ2) is 2.52. The van der Waals surface area contributed by atoms with Crippen LogP contribution in [0.1, 0.15) is 20.8 Å². The first-order valence-electron chi connectivity index (χ1n) is 2.03. The van der Waals surface area contributed by atoms with Crippen molar-refractivity contribution in [1.29, 1.82) is 0 Å². The van der Waals surface area contributed by atoms with Gasteiger partial charge in [0.2, 0.25) is 12.4 Å². The molecule has 0 aliphatic heterocycles. The molecule has 0 fully saturated rings. The van der Waals surface area contributed by atoms with Gasteiger partial charge in [-0.25, -0.2) is 0 Å². The maximum atomic E-state index is 11.2. The molecule has 0 heterocycles. The van der Waals surface area contributed by atoms with Gasteiger partial charge in [0.15, 0.2) is 0 Å². The van der Waals surface area contributed by atoms with Gasteiger partial charge in [0.1, 0.15) is 0 Å². The molecular weight excluding hydrogens is 115 g/mol. The maximum Gasteiger partial charge on any atom is 0.208 e. The van der Waals surface area contributed by atoms with E-state index in [0.29, 0.717) is 0 Å². The minimum absolute atomic E-state index is 0.0914. The fourth-order valence-electron chi connectivity index (χ4n) is 0.0945. The monoisotopic (exact) mass is 124 g/mol. The van der Waals surface area contributed by atoms with E-state index in [4.69, 9.17) is 0 Å². The van der Waals surface area contributed by atoms with E-state index in [0.717, 1.165) is 0 Å². The molecule has 0 aromatic heterocycles. The normalized spacial score (nSPS) is 12.0. The van der Waals surface area contributed by atoms with Gasteiger partial charge in [-0.15, -0.1) is 3.89 Å². The quantitative estimate of drug-likeness (QED) is 0.496. The first kappa shape index (κ1) is 7.24. The molecule has 0 saturated heterocycles. The van der Waals surface area contributed by atoms with Crippen LogP contribution in [0.25, 0.3) is 0 Å². The molecule has 0 saturated carbocycles. The molecule has 7 heavy (non-hydrogen) atoms. The average molecular weight is 124 g/mol. The van der Waals surface area contributed by atoms with Gasteiger partial charge >= 0.3 is 0 Å². The van der Waals surface area contributed by atoms with Crippen molar-refractivity contribution in [3.63, 3.8) is 0 Å². The summed E-state index contributed by atoms with van der Waals surface area (Å²) in [6, 6.07) is 0. The maximum absolute atomic E-state index is 11.2. The van der Waals surface area contributed by atoms with Gasteiger partial charge in [-0.05, 0) is 20.8 Å². The van der Waals surface area contributed by atoms with Crippen LogP contribution in [0.2, 0.25) is 0 Å². The summed E-state index contributed by atoms with van der Waals surface area (Å²) in [4.78, 5) is 0. The molecule has 0 N–H and O–H groups in total. The molecule has 0 amide bonds. The highest BCUT2D eigenvalue weighted by molar-refractivity contribution is 7.89. The molecule has 0 bridgehead atoms. The Bertz CT molecular complexity index is 50.1. The molecule has 0 aliphatic rings. The van der Waals surface area contributed by atoms with E-state index in [1.165, 1.54) is 0 Å². The Morgan fingerprint density at radius 1 is 1.43 bits per heavy atom. The smallest absolute Gasteiger partial charge is 0.208 e. The number of hydrogen-bond acceptors (Lipinski definition) is 2. The average Bonchev–Trinajstić information content (AvgIpc) is 1.30. The van der Waals surface area contributed by atoms with Crippen LogP contribution in [0.5, 0.6) is 0 Å². The Balaban J connectivity index is 3.15. The molecule has 0 aromatic rings. The molecule has 0 spiro atoms. The molecule has 0 rings (SSSR count). The third-order valence-corrected chi connectivity index (χ3v) is 0.844. The van der Waals surface area contributed by atoms with Crippen LogP contribution in [0.15, 0.2) is 0 Å². The van der Waals surface area contributed by atoms with E-state index in [-0.39, 0.29) is 18.0 Å². The van der Waals surface area contributed by atoms with Crippen molar-refractivity contribution < 1.29 is 8.07 Å². The molecule has 0 radical (unpaired) electrons. The molecule has 0 atom stereocenters. The van der Waals surface area contributed by atoms with Gasteiger partial charge in [-0.2, -0.15) is 0 Å². The van der Waals surface area contributed by atoms with Crippen molar-refractivity contribution in [2.24, 2.45) is 0 Å². The summed E-state index contributed by atoms with van der Waals surface area (Å²) in [6.07, 6.45) is 0. The highest BCUT2D eigenvalue weighted by Gasteiger charge is 2.09. The SMILES string of the molecule is CC(C)(C)OSF. The van der Waals surface area contributed by atoms with Gasteiger partial charge in [0.25, 0.3) is 0 Å². The van der Waals surface area contributed by atoms with E-state index in [9.17, 15) is 3.89 Å². The number of rotatable bonds is 1. The van der Waals surface area contributed by atoms with Gasteiger partial charge < -0.3 is 0 Å². The van der Waals surface area contributed by atoms with E-state index in [2.05, 4.69) is 4.18 Å². The van der Waals surface area contributed by atoms with Crippen LogP contribution in [0.3, 0.4) is 0 Å². The predicted molar refractivity (Wildman–Crippen MR) is 29.5 cm³/mol. The fourth-order valence-corrected chi connectivity index (χ4v) is 0.283. The van der Waals surface area contributed by atoms with E-state index >= 15 is 0 Å². The highest BCUT2D eigenvalue weighted by atomic mass is 32.2.